The molecule has 114 valence electrons. The summed E-state index contributed by atoms with van der Waals surface area (Å²) in [6.45, 7) is 3.90. The summed E-state index contributed by atoms with van der Waals surface area (Å²) < 4.78 is 0. The topological polar surface area (TPSA) is 90.7 Å². The molecule has 1 unspecified atom stereocenters. The van der Waals surface area contributed by atoms with Crippen LogP contribution in [0.1, 0.15) is 31.3 Å². The van der Waals surface area contributed by atoms with E-state index in [2.05, 4.69) is 20.8 Å². The number of hydrogen-bond acceptors (Lipinski definition) is 6. The van der Waals surface area contributed by atoms with Crippen LogP contribution in [0, 0.1) is 17.2 Å². The number of anilines is 2. The Bertz CT molecular complexity index is 662. The zero-order chi connectivity index (χ0) is 15.9. The first-order chi connectivity index (χ1) is 10.6. The van der Waals surface area contributed by atoms with Gasteiger partial charge in [0.2, 0.25) is 11.0 Å². The van der Waals surface area contributed by atoms with E-state index in [1.807, 2.05) is 50.2 Å². The third-order valence-corrected chi connectivity index (χ3v) is 3.64. The maximum Gasteiger partial charge on any atom is 0.221 e. The minimum absolute atomic E-state index is 0.158. The van der Waals surface area contributed by atoms with E-state index in [1.165, 1.54) is 11.3 Å². The summed E-state index contributed by atoms with van der Waals surface area (Å²) in [4.78, 5) is 11.8. The molecule has 2 N–H and O–H groups in total. The van der Waals surface area contributed by atoms with Crippen molar-refractivity contribution in [1.82, 2.24) is 15.5 Å². The highest BCUT2D eigenvalue weighted by Crippen LogP contribution is 2.24. The summed E-state index contributed by atoms with van der Waals surface area (Å²) >= 11 is 1.25. The third-order valence-electron chi connectivity index (χ3n) is 2.74. The summed E-state index contributed by atoms with van der Waals surface area (Å²) in [7, 11) is 0. The normalized spacial score (nSPS) is 11.7. The lowest BCUT2D eigenvalue weighted by Gasteiger charge is -2.09. The number of nitriles is 1. The number of hydrogen-bond donors (Lipinski definition) is 2. The number of para-hydroxylation sites is 1. The van der Waals surface area contributed by atoms with Gasteiger partial charge >= 0.3 is 0 Å². The highest BCUT2D eigenvalue weighted by atomic mass is 32.1. The number of nitrogens with one attached hydrogen (secondary N) is 2. The number of amides is 1. The van der Waals surface area contributed by atoms with Crippen molar-refractivity contribution < 1.29 is 4.79 Å². The number of rotatable bonds is 6. The van der Waals surface area contributed by atoms with Crippen molar-refractivity contribution in [3.8, 4) is 6.07 Å². The number of carbonyl (C=O) groups excluding carboxylic acids is 1. The first kappa shape index (κ1) is 15.9. The van der Waals surface area contributed by atoms with Gasteiger partial charge in [-0.15, -0.1) is 10.2 Å². The molecule has 0 saturated carbocycles. The van der Waals surface area contributed by atoms with E-state index >= 15 is 0 Å². The van der Waals surface area contributed by atoms with Crippen molar-refractivity contribution in [3.63, 3.8) is 0 Å². The SMILES string of the molecule is CC(C)CC(=O)NC(C#N)c1nnc(Nc2ccccc2)s1. The maximum absolute atomic E-state index is 11.8. The van der Waals surface area contributed by atoms with Crippen molar-refractivity contribution in [3.05, 3.63) is 35.3 Å². The summed E-state index contributed by atoms with van der Waals surface area (Å²) in [6, 6.07) is 10.8. The van der Waals surface area contributed by atoms with Gasteiger partial charge in [-0.2, -0.15) is 5.26 Å². The Balaban J connectivity index is 2.02. The zero-order valence-electron chi connectivity index (χ0n) is 12.4. The fourth-order valence-corrected chi connectivity index (χ4v) is 2.55. The maximum atomic E-state index is 11.8. The van der Waals surface area contributed by atoms with Gasteiger partial charge in [-0.1, -0.05) is 43.4 Å². The van der Waals surface area contributed by atoms with Crippen molar-refractivity contribution in [2.45, 2.75) is 26.3 Å². The second kappa shape index (κ2) is 7.52. The van der Waals surface area contributed by atoms with Gasteiger partial charge in [-0.25, -0.2) is 0 Å². The fraction of sp³-hybridized carbons (Fsp3) is 0.333. The lowest BCUT2D eigenvalue weighted by atomic mass is 10.1. The van der Waals surface area contributed by atoms with Gasteiger partial charge in [-0.3, -0.25) is 4.79 Å². The average molecular weight is 315 g/mol. The Hall–Kier alpha value is -2.46. The van der Waals surface area contributed by atoms with E-state index in [0.29, 0.717) is 16.6 Å². The Labute approximate surface area is 133 Å². The standard InChI is InChI=1S/C15H17N5OS/c1-10(2)8-13(21)18-12(9-16)14-19-20-15(22-14)17-11-6-4-3-5-7-11/h3-7,10,12H,8H2,1-2H3,(H,17,20)(H,18,21). The number of carbonyl (C=O) groups is 1. The highest BCUT2D eigenvalue weighted by Gasteiger charge is 2.19. The molecule has 1 aromatic carbocycles. The quantitative estimate of drug-likeness (QED) is 0.855. The molecule has 0 aliphatic heterocycles. The molecule has 0 radical (unpaired) electrons. The van der Waals surface area contributed by atoms with Gasteiger partial charge in [0.05, 0.1) is 6.07 Å². The molecular formula is C15H17N5OS. The van der Waals surface area contributed by atoms with Crippen molar-refractivity contribution >= 4 is 28.1 Å². The first-order valence-electron chi connectivity index (χ1n) is 6.93. The van der Waals surface area contributed by atoms with Crippen LogP contribution in [0.4, 0.5) is 10.8 Å². The molecule has 6 nitrogen and oxygen atoms in total. The zero-order valence-corrected chi connectivity index (χ0v) is 13.2. The van der Waals surface area contributed by atoms with Crippen LogP contribution in [0.3, 0.4) is 0 Å². The van der Waals surface area contributed by atoms with E-state index < -0.39 is 6.04 Å². The second-order valence-corrected chi connectivity index (χ2v) is 6.17. The Morgan fingerprint density at radius 3 is 2.68 bits per heavy atom. The van der Waals surface area contributed by atoms with Crippen LogP contribution in [-0.4, -0.2) is 16.1 Å². The molecule has 2 aromatic rings. The smallest absolute Gasteiger partial charge is 0.221 e. The average Bonchev–Trinajstić information content (AvgIpc) is 2.93. The molecule has 2 rings (SSSR count). The molecular weight excluding hydrogens is 298 g/mol. The number of nitrogens with zero attached hydrogens (tertiary/aromatic N) is 3. The molecule has 22 heavy (non-hydrogen) atoms. The summed E-state index contributed by atoms with van der Waals surface area (Å²) in [5.74, 6) is 0.0818. The van der Waals surface area contributed by atoms with Crippen LogP contribution in [0.25, 0.3) is 0 Å². The first-order valence-corrected chi connectivity index (χ1v) is 7.74. The predicted octanol–water partition coefficient (Wildman–Crippen LogP) is 3.01. The fourth-order valence-electron chi connectivity index (χ4n) is 1.79. The minimum atomic E-state index is -0.768. The lowest BCUT2D eigenvalue weighted by Crippen LogP contribution is -2.28. The van der Waals surface area contributed by atoms with E-state index in [0.717, 1.165) is 5.69 Å². The van der Waals surface area contributed by atoms with Crippen LogP contribution in [-0.2, 0) is 4.79 Å². The van der Waals surface area contributed by atoms with E-state index in [4.69, 9.17) is 0 Å². The van der Waals surface area contributed by atoms with Gasteiger partial charge in [-0.05, 0) is 18.1 Å². The molecule has 0 aliphatic carbocycles. The Morgan fingerprint density at radius 2 is 2.05 bits per heavy atom. The van der Waals surface area contributed by atoms with Crippen molar-refractivity contribution in [1.29, 1.82) is 5.26 Å². The van der Waals surface area contributed by atoms with Gasteiger partial charge in [0.1, 0.15) is 0 Å². The van der Waals surface area contributed by atoms with Gasteiger partial charge in [0, 0.05) is 12.1 Å². The largest absolute Gasteiger partial charge is 0.335 e. The van der Waals surface area contributed by atoms with Crippen LogP contribution in [0.2, 0.25) is 0 Å². The van der Waals surface area contributed by atoms with Crippen LogP contribution in [0.15, 0.2) is 30.3 Å². The predicted molar refractivity (Wildman–Crippen MR) is 85.6 cm³/mol. The van der Waals surface area contributed by atoms with E-state index in [-0.39, 0.29) is 11.8 Å². The third kappa shape index (κ3) is 4.53. The highest BCUT2D eigenvalue weighted by molar-refractivity contribution is 7.15. The van der Waals surface area contributed by atoms with E-state index in [1.54, 1.807) is 0 Å². The molecule has 7 heteroatoms. The molecule has 0 aliphatic rings. The molecule has 0 saturated heterocycles. The summed E-state index contributed by atoms with van der Waals surface area (Å²) in [5, 5.41) is 24.0. The van der Waals surface area contributed by atoms with E-state index in [9.17, 15) is 10.1 Å². The van der Waals surface area contributed by atoms with Gasteiger partial charge in [0.15, 0.2) is 11.0 Å². The molecule has 1 atom stereocenters. The summed E-state index contributed by atoms with van der Waals surface area (Å²) in [5.41, 5.74) is 0.891. The molecule has 1 heterocycles. The molecule has 0 fully saturated rings. The molecule has 0 spiro atoms. The Morgan fingerprint density at radius 1 is 1.32 bits per heavy atom. The van der Waals surface area contributed by atoms with Gasteiger partial charge in [0.25, 0.3) is 0 Å². The summed E-state index contributed by atoms with van der Waals surface area (Å²) in [6.07, 6.45) is 0.381. The lowest BCUT2D eigenvalue weighted by molar-refractivity contribution is -0.122. The number of benzene rings is 1. The van der Waals surface area contributed by atoms with Crippen molar-refractivity contribution in [2.24, 2.45) is 5.92 Å². The van der Waals surface area contributed by atoms with Crippen LogP contribution >= 0.6 is 11.3 Å². The van der Waals surface area contributed by atoms with Crippen LogP contribution < -0.4 is 10.6 Å². The molecule has 1 amide bonds. The Kier molecular flexibility index (Phi) is 5.44. The second-order valence-electron chi connectivity index (χ2n) is 5.16. The van der Waals surface area contributed by atoms with Gasteiger partial charge < -0.3 is 10.6 Å². The molecule has 1 aromatic heterocycles. The monoisotopic (exact) mass is 315 g/mol. The van der Waals surface area contributed by atoms with Crippen molar-refractivity contribution in [2.75, 3.05) is 5.32 Å². The molecule has 0 bridgehead atoms. The minimum Gasteiger partial charge on any atom is -0.335 e. The number of aromatic nitrogens is 2. The van der Waals surface area contributed by atoms with Crippen LogP contribution in [0.5, 0.6) is 0 Å².